The maximum absolute atomic E-state index is 13.3. The molecule has 2 N–H and O–H groups in total. The molecule has 1 saturated carbocycles. The first-order valence-corrected chi connectivity index (χ1v) is 16.1. The maximum atomic E-state index is 13.3. The Labute approximate surface area is 259 Å². The number of aliphatic carboxylic acids is 1. The summed E-state index contributed by atoms with van der Waals surface area (Å²) in [5.41, 5.74) is 4.36. The number of nitrogens with one attached hydrogen (secondary N) is 1. The number of amides is 1. The summed E-state index contributed by atoms with van der Waals surface area (Å²) in [5, 5.41) is 12.4. The maximum Gasteiger partial charge on any atom is 1.00 e. The molecule has 5 nitrogen and oxygen atoms in total. The molecule has 2 aromatic rings. The van der Waals surface area contributed by atoms with Crippen molar-refractivity contribution in [3.8, 4) is 11.1 Å². The summed E-state index contributed by atoms with van der Waals surface area (Å²) in [7, 11) is 0. The van der Waals surface area contributed by atoms with E-state index in [1.165, 1.54) is 57.8 Å². The minimum absolute atomic E-state index is 0. The second kappa shape index (κ2) is 18.7. The SMILES string of the molecule is CCCCC(COCc1ccc(C(=O)NC(CCSC)C(=O)O)c(-c2ccccc2C)c1)CC1CCCCC1.[H-].[Li+]. The smallest absolute Gasteiger partial charge is 1.00 e. The van der Waals surface area contributed by atoms with Gasteiger partial charge in [-0.1, -0.05) is 82.2 Å². The summed E-state index contributed by atoms with van der Waals surface area (Å²) in [6.07, 6.45) is 14.1. The molecule has 7 heteroatoms. The predicted octanol–water partition coefficient (Wildman–Crippen LogP) is 5.01. The van der Waals surface area contributed by atoms with Crippen LogP contribution in [0.3, 0.4) is 0 Å². The fraction of sp³-hybridized carbons (Fsp3) is 0.576. The van der Waals surface area contributed by atoms with Gasteiger partial charge in [-0.15, -0.1) is 0 Å². The van der Waals surface area contributed by atoms with Crippen LogP contribution in [-0.2, 0) is 16.1 Å². The molecule has 2 atom stereocenters. The van der Waals surface area contributed by atoms with Gasteiger partial charge in [0, 0.05) is 12.2 Å². The van der Waals surface area contributed by atoms with E-state index in [2.05, 4.69) is 12.2 Å². The molecule has 40 heavy (non-hydrogen) atoms. The van der Waals surface area contributed by atoms with Gasteiger partial charge in [-0.05, 0) is 84.4 Å². The molecule has 0 radical (unpaired) electrons. The summed E-state index contributed by atoms with van der Waals surface area (Å²) >= 11 is 1.57. The zero-order valence-electron chi connectivity index (χ0n) is 26.0. The number of carboxylic acid groups (broad SMARTS) is 1. The number of aryl methyl sites for hydroxylation is 1. The molecule has 0 spiro atoms. The Morgan fingerprint density at radius 3 is 2.52 bits per heavy atom. The molecule has 1 aliphatic carbocycles. The molecule has 2 aromatic carbocycles. The van der Waals surface area contributed by atoms with Gasteiger partial charge in [-0.25, -0.2) is 4.79 Å². The minimum Gasteiger partial charge on any atom is -1.00 e. The van der Waals surface area contributed by atoms with Crippen molar-refractivity contribution < 1.29 is 39.7 Å². The van der Waals surface area contributed by atoms with E-state index < -0.39 is 12.0 Å². The zero-order valence-corrected chi connectivity index (χ0v) is 25.9. The van der Waals surface area contributed by atoms with Gasteiger partial charge in [0.25, 0.3) is 5.91 Å². The van der Waals surface area contributed by atoms with Crippen molar-refractivity contribution in [2.75, 3.05) is 18.6 Å². The summed E-state index contributed by atoms with van der Waals surface area (Å²) in [6, 6.07) is 12.9. The summed E-state index contributed by atoms with van der Waals surface area (Å²) in [5.74, 6) is 0.744. The van der Waals surface area contributed by atoms with E-state index in [1.54, 1.807) is 11.8 Å². The van der Waals surface area contributed by atoms with Gasteiger partial charge in [0.2, 0.25) is 0 Å². The molecule has 0 aromatic heterocycles. The van der Waals surface area contributed by atoms with Crippen LogP contribution in [0.25, 0.3) is 11.1 Å². The van der Waals surface area contributed by atoms with Gasteiger partial charge in [0.05, 0.1) is 6.61 Å². The minimum atomic E-state index is -1.01. The molecule has 3 rings (SSSR count). The van der Waals surface area contributed by atoms with Crippen LogP contribution in [0, 0.1) is 18.8 Å². The zero-order chi connectivity index (χ0) is 28.0. The van der Waals surface area contributed by atoms with E-state index >= 15 is 0 Å². The second-order valence-corrected chi connectivity index (χ2v) is 12.1. The molecule has 1 aliphatic rings. The standard InChI is InChI=1S/C33H47NO4S.Li.H/c1-4-5-12-26(20-25-13-7-6-8-14-25)22-38-23-27-16-17-29(30(21-27)28-15-10-9-11-24(28)2)32(35)34-31(33(36)37)18-19-39-3;;/h9-11,15-17,21,25-26,31H,4-8,12-14,18-20,22-23H2,1-3H3,(H,34,35)(H,36,37);;/q;+1;-1. The number of hydrogen-bond donors (Lipinski definition) is 2. The number of unbranched alkanes of at least 4 members (excludes halogenated alkanes) is 1. The van der Waals surface area contributed by atoms with Crippen molar-refractivity contribution in [2.24, 2.45) is 11.8 Å². The largest absolute Gasteiger partial charge is 1.00 e. The molecule has 0 heterocycles. The normalized spacial score (nSPS) is 15.2. The quantitative estimate of drug-likeness (QED) is 0.282. The number of carboxylic acids is 1. The Morgan fingerprint density at radius 1 is 1.10 bits per heavy atom. The third kappa shape index (κ3) is 10.9. The van der Waals surface area contributed by atoms with Crippen molar-refractivity contribution >= 4 is 23.6 Å². The molecular weight excluding hydrogens is 513 g/mol. The Hall–Kier alpha value is -1.71. The van der Waals surface area contributed by atoms with Crippen molar-refractivity contribution in [2.45, 2.75) is 90.7 Å². The van der Waals surface area contributed by atoms with Gasteiger partial charge in [-0.2, -0.15) is 11.8 Å². The van der Waals surface area contributed by atoms with Crippen LogP contribution < -0.4 is 24.2 Å². The Balaban J connectivity index is 0.00000420. The topological polar surface area (TPSA) is 75.6 Å². The van der Waals surface area contributed by atoms with Crippen molar-refractivity contribution in [1.82, 2.24) is 5.32 Å². The van der Waals surface area contributed by atoms with Crippen LogP contribution in [0.4, 0.5) is 0 Å². The van der Waals surface area contributed by atoms with E-state index in [1.807, 2.05) is 55.6 Å². The van der Waals surface area contributed by atoms with Gasteiger partial charge >= 0.3 is 24.8 Å². The molecule has 1 amide bonds. The molecule has 1 fully saturated rings. The van der Waals surface area contributed by atoms with Crippen LogP contribution >= 0.6 is 11.8 Å². The van der Waals surface area contributed by atoms with Crippen molar-refractivity contribution in [1.29, 1.82) is 0 Å². The first-order valence-electron chi connectivity index (χ1n) is 14.7. The van der Waals surface area contributed by atoms with Crippen LogP contribution in [0.2, 0.25) is 0 Å². The number of carbonyl (C=O) groups excluding carboxylic acids is 1. The van der Waals surface area contributed by atoms with Crippen LogP contribution in [-0.4, -0.2) is 41.6 Å². The number of carbonyl (C=O) groups is 2. The number of benzene rings is 2. The first kappa shape index (κ1) is 34.5. The second-order valence-electron chi connectivity index (χ2n) is 11.1. The number of thioether (sulfide) groups is 1. The molecule has 0 aliphatic heterocycles. The van der Waals surface area contributed by atoms with Crippen molar-refractivity contribution in [3.63, 3.8) is 0 Å². The van der Waals surface area contributed by atoms with Gasteiger partial charge in [0.1, 0.15) is 6.04 Å². The Kier molecular flexibility index (Phi) is 16.1. The fourth-order valence-corrected chi connectivity index (χ4v) is 6.18. The Morgan fingerprint density at radius 2 is 1.85 bits per heavy atom. The van der Waals surface area contributed by atoms with E-state index in [0.29, 0.717) is 30.3 Å². The number of hydrogen-bond acceptors (Lipinski definition) is 4. The fourth-order valence-electron chi connectivity index (χ4n) is 5.71. The monoisotopic (exact) mass is 561 g/mol. The van der Waals surface area contributed by atoms with Gasteiger partial charge in [-0.3, -0.25) is 4.79 Å². The van der Waals surface area contributed by atoms with Crippen LogP contribution in [0.15, 0.2) is 42.5 Å². The molecule has 0 bridgehead atoms. The van der Waals surface area contributed by atoms with Crippen LogP contribution in [0.5, 0.6) is 0 Å². The Bertz CT molecular complexity index is 1060. The predicted molar refractivity (Wildman–Crippen MR) is 163 cm³/mol. The summed E-state index contributed by atoms with van der Waals surface area (Å²) in [6.45, 7) is 5.56. The van der Waals surface area contributed by atoms with E-state index in [0.717, 1.165) is 34.8 Å². The van der Waals surface area contributed by atoms with E-state index in [-0.39, 0.29) is 26.2 Å². The molecular formula is C33H48LiNO4S. The summed E-state index contributed by atoms with van der Waals surface area (Å²) < 4.78 is 6.30. The van der Waals surface area contributed by atoms with Crippen molar-refractivity contribution in [3.05, 3.63) is 59.2 Å². The first-order chi connectivity index (χ1) is 18.9. The molecule has 0 saturated heterocycles. The molecule has 216 valence electrons. The molecule has 2 unspecified atom stereocenters. The van der Waals surface area contributed by atoms with E-state index in [4.69, 9.17) is 4.74 Å². The van der Waals surface area contributed by atoms with Gasteiger partial charge in [0.15, 0.2) is 0 Å². The van der Waals surface area contributed by atoms with Gasteiger partial charge < -0.3 is 16.6 Å². The third-order valence-electron chi connectivity index (χ3n) is 7.96. The average molecular weight is 562 g/mol. The number of rotatable bonds is 16. The average Bonchev–Trinajstić information content (AvgIpc) is 2.94. The summed E-state index contributed by atoms with van der Waals surface area (Å²) in [4.78, 5) is 25.1. The van der Waals surface area contributed by atoms with E-state index in [9.17, 15) is 14.7 Å². The number of ether oxygens (including phenoxy) is 1. The van der Waals surface area contributed by atoms with Crippen LogP contribution in [0.1, 0.15) is 94.0 Å². The third-order valence-corrected chi connectivity index (χ3v) is 8.60.